The molecule has 6 N–H and O–H groups in total. The van der Waals surface area contributed by atoms with Crippen LogP contribution in [-0.2, 0) is 6.42 Å². The summed E-state index contributed by atoms with van der Waals surface area (Å²) in [6, 6.07) is 9.09. The minimum atomic E-state index is -1.45. The predicted octanol–water partition coefficient (Wildman–Crippen LogP) is -1.75. The van der Waals surface area contributed by atoms with E-state index in [1.165, 1.54) is 0 Å². The summed E-state index contributed by atoms with van der Waals surface area (Å²) in [7, 11) is 0. The van der Waals surface area contributed by atoms with Crippen molar-refractivity contribution in [1.29, 1.82) is 0 Å². The smallest absolute Gasteiger partial charge is 0.110 e. The Balaban J connectivity index is 1.96. The molecule has 6 nitrogen and oxygen atoms in total. The van der Waals surface area contributed by atoms with Crippen molar-refractivity contribution in [2.24, 2.45) is 5.92 Å². The molecule has 1 aromatic rings. The molecule has 1 saturated carbocycles. The highest BCUT2D eigenvalue weighted by Gasteiger charge is 2.48. The average molecular weight is 297 g/mol. The zero-order chi connectivity index (χ0) is 15.4. The van der Waals surface area contributed by atoms with Crippen LogP contribution in [-0.4, -0.2) is 69.1 Å². The lowest BCUT2D eigenvalue weighted by molar-refractivity contribution is -0.176. The standard InChI is InChI=1S/C15H23NO5/c17-8-10-11(13(19)15(21)14(20)12(10)18)16-7-6-9-4-2-1-3-5-9/h1-5,10-21H,6-8H2/t10-,11-,12+,13+,14-,15-/m0/s1. The highest BCUT2D eigenvalue weighted by atomic mass is 16.4. The average Bonchev–Trinajstić information content (AvgIpc) is 2.51. The van der Waals surface area contributed by atoms with Crippen molar-refractivity contribution in [2.45, 2.75) is 36.9 Å². The van der Waals surface area contributed by atoms with Crippen LogP contribution < -0.4 is 5.32 Å². The first-order valence-electron chi connectivity index (χ1n) is 7.16. The largest absolute Gasteiger partial charge is 0.396 e. The molecule has 1 aliphatic rings. The molecule has 0 bridgehead atoms. The van der Waals surface area contributed by atoms with Crippen molar-refractivity contribution < 1.29 is 25.5 Å². The molecule has 0 aromatic heterocycles. The molecule has 1 fully saturated rings. The molecule has 0 unspecified atom stereocenters. The summed E-state index contributed by atoms with van der Waals surface area (Å²) >= 11 is 0. The maximum absolute atomic E-state index is 10.0. The third-order valence-corrected chi connectivity index (χ3v) is 4.16. The molecule has 118 valence electrons. The van der Waals surface area contributed by atoms with E-state index in [-0.39, 0.29) is 6.61 Å². The lowest BCUT2D eigenvalue weighted by Crippen LogP contribution is -2.66. The Hall–Kier alpha value is -1.02. The normalized spacial score (nSPS) is 36.6. The van der Waals surface area contributed by atoms with Crippen molar-refractivity contribution in [2.75, 3.05) is 13.2 Å². The first-order valence-corrected chi connectivity index (χ1v) is 7.16. The molecule has 0 spiro atoms. The third-order valence-electron chi connectivity index (χ3n) is 4.16. The van der Waals surface area contributed by atoms with Crippen LogP contribution in [0.1, 0.15) is 5.56 Å². The fraction of sp³-hybridized carbons (Fsp3) is 0.600. The molecule has 6 atom stereocenters. The molecule has 1 aliphatic carbocycles. The molecular formula is C15H23NO5. The van der Waals surface area contributed by atoms with Gasteiger partial charge in [0.25, 0.3) is 0 Å². The van der Waals surface area contributed by atoms with Gasteiger partial charge in [-0.2, -0.15) is 0 Å². The molecular weight excluding hydrogens is 274 g/mol. The van der Waals surface area contributed by atoms with Crippen LogP contribution >= 0.6 is 0 Å². The quantitative estimate of drug-likeness (QED) is 0.384. The second-order valence-corrected chi connectivity index (χ2v) is 5.52. The summed E-state index contributed by atoms with van der Waals surface area (Å²) in [5.74, 6) is -0.728. The van der Waals surface area contributed by atoms with E-state index in [1.807, 2.05) is 30.3 Å². The van der Waals surface area contributed by atoms with E-state index < -0.39 is 36.4 Å². The number of hydrogen-bond acceptors (Lipinski definition) is 6. The topological polar surface area (TPSA) is 113 Å². The molecule has 6 heteroatoms. The van der Waals surface area contributed by atoms with Gasteiger partial charge in [-0.15, -0.1) is 0 Å². The van der Waals surface area contributed by atoms with Crippen molar-refractivity contribution in [1.82, 2.24) is 5.32 Å². The summed E-state index contributed by atoms with van der Waals surface area (Å²) in [6.07, 6.45) is -4.68. The van der Waals surface area contributed by atoms with Gasteiger partial charge >= 0.3 is 0 Å². The van der Waals surface area contributed by atoms with Crippen molar-refractivity contribution in [3.8, 4) is 0 Å². The van der Waals surface area contributed by atoms with E-state index >= 15 is 0 Å². The summed E-state index contributed by atoms with van der Waals surface area (Å²) < 4.78 is 0. The SMILES string of the molecule is OC[C@@H]1[C@@H](O)[C@H](O)[C@@H](O)[C@H](O)[C@H]1NCCc1ccccc1. The Morgan fingerprint density at radius 1 is 0.857 bits per heavy atom. The number of nitrogens with one attached hydrogen (secondary N) is 1. The fourth-order valence-electron chi connectivity index (χ4n) is 2.86. The minimum Gasteiger partial charge on any atom is -0.396 e. The molecule has 0 amide bonds. The van der Waals surface area contributed by atoms with E-state index in [4.69, 9.17) is 0 Å². The number of rotatable bonds is 5. The van der Waals surface area contributed by atoms with Crippen LogP contribution in [0.3, 0.4) is 0 Å². The van der Waals surface area contributed by atoms with Gasteiger partial charge in [0.05, 0.1) is 18.8 Å². The van der Waals surface area contributed by atoms with E-state index in [1.54, 1.807) is 0 Å². The van der Waals surface area contributed by atoms with Gasteiger partial charge in [0.1, 0.15) is 12.2 Å². The van der Waals surface area contributed by atoms with Crippen molar-refractivity contribution >= 4 is 0 Å². The molecule has 0 radical (unpaired) electrons. The fourth-order valence-corrected chi connectivity index (χ4v) is 2.86. The van der Waals surface area contributed by atoms with E-state index in [2.05, 4.69) is 5.32 Å². The Kier molecular flexibility index (Phi) is 5.69. The zero-order valence-corrected chi connectivity index (χ0v) is 11.7. The summed E-state index contributed by atoms with van der Waals surface area (Å²) in [4.78, 5) is 0. The number of hydrogen-bond donors (Lipinski definition) is 6. The minimum absolute atomic E-state index is 0.384. The third kappa shape index (κ3) is 3.60. The van der Waals surface area contributed by atoms with Crippen molar-refractivity contribution in [3.05, 3.63) is 35.9 Å². The van der Waals surface area contributed by atoms with Gasteiger partial charge in [-0.3, -0.25) is 0 Å². The van der Waals surface area contributed by atoms with E-state index in [0.717, 1.165) is 12.0 Å². The lowest BCUT2D eigenvalue weighted by atomic mass is 9.77. The first-order chi connectivity index (χ1) is 10.1. The monoisotopic (exact) mass is 297 g/mol. The summed E-state index contributed by atoms with van der Waals surface area (Å²) in [5, 5.41) is 51.7. The maximum Gasteiger partial charge on any atom is 0.110 e. The summed E-state index contributed by atoms with van der Waals surface area (Å²) in [6.45, 7) is 0.142. The zero-order valence-electron chi connectivity index (χ0n) is 11.7. The molecule has 0 aliphatic heterocycles. The van der Waals surface area contributed by atoms with Gasteiger partial charge in [0.15, 0.2) is 0 Å². The first kappa shape index (κ1) is 16.4. The van der Waals surface area contributed by atoms with Gasteiger partial charge < -0.3 is 30.8 Å². The van der Waals surface area contributed by atoms with Gasteiger partial charge in [0.2, 0.25) is 0 Å². The predicted molar refractivity (Wildman–Crippen MR) is 76.5 cm³/mol. The Morgan fingerprint density at radius 3 is 2.10 bits per heavy atom. The molecule has 0 saturated heterocycles. The Labute approximate surface area is 123 Å². The number of aliphatic hydroxyl groups excluding tert-OH is 5. The van der Waals surface area contributed by atoms with Crippen LogP contribution in [0.5, 0.6) is 0 Å². The van der Waals surface area contributed by atoms with E-state index in [0.29, 0.717) is 6.54 Å². The van der Waals surface area contributed by atoms with Crippen LogP contribution in [0.4, 0.5) is 0 Å². The second kappa shape index (κ2) is 7.31. The Bertz CT molecular complexity index is 429. The van der Waals surface area contributed by atoms with Crippen LogP contribution in [0.2, 0.25) is 0 Å². The van der Waals surface area contributed by atoms with Crippen LogP contribution in [0, 0.1) is 5.92 Å². The molecule has 21 heavy (non-hydrogen) atoms. The number of benzene rings is 1. The van der Waals surface area contributed by atoms with Gasteiger partial charge in [0, 0.05) is 12.0 Å². The maximum atomic E-state index is 10.0. The van der Waals surface area contributed by atoms with Crippen LogP contribution in [0.25, 0.3) is 0 Å². The van der Waals surface area contributed by atoms with E-state index in [9.17, 15) is 25.5 Å². The molecule has 2 rings (SSSR count). The van der Waals surface area contributed by atoms with Gasteiger partial charge in [-0.05, 0) is 18.5 Å². The highest BCUT2D eigenvalue weighted by Crippen LogP contribution is 2.26. The Morgan fingerprint density at radius 2 is 1.48 bits per heavy atom. The number of aliphatic hydroxyl groups is 5. The van der Waals surface area contributed by atoms with Gasteiger partial charge in [-0.1, -0.05) is 30.3 Å². The highest BCUT2D eigenvalue weighted by molar-refractivity contribution is 5.15. The van der Waals surface area contributed by atoms with Crippen molar-refractivity contribution in [3.63, 3.8) is 0 Å². The van der Waals surface area contributed by atoms with Crippen LogP contribution in [0.15, 0.2) is 30.3 Å². The molecule has 0 heterocycles. The lowest BCUT2D eigenvalue weighted by Gasteiger charge is -2.44. The second-order valence-electron chi connectivity index (χ2n) is 5.52. The van der Waals surface area contributed by atoms with Gasteiger partial charge in [-0.25, -0.2) is 0 Å². The summed E-state index contributed by atoms with van der Waals surface area (Å²) in [5.41, 5.74) is 1.12. The molecule has 1 aromatic carbocycles.